The van der Waals surface area contributed by atoms with Gasteiger partial charge in [0.2, 0.25) is 0 Å². The van der Waals surface area contributed by atoms with Crippen LogP contribution in [0.25, 0.3) is 0 Å². The van der Waals surface area contributed by atoms with Crippen LogP contribution in [0.4, 0.5) is 0 Å². The highest BCUT2D eigenvalue weighted by molar-refractivity contribution is 5.66. The minimum absolute atomic E-state index is 0.367. The van der Waals surface area contributed by atoms with Gasteiger partial charge < -0.3 is 5.11 Å². The number of allylic oxidation sites excluding steroid dienone is 2. The van der Waals surface area contributed by atoms with E-state index in [1.807, 2.05) is 0 Å². The Kier molecular flexibility index (Phi) is 4.09. The van der Waals surface area contributed by atoms with Crippen molar-refractivity contribution in [1.82, 2.24) is 0 Å². The lowest BCUT2D eigenvalue weighted by atomic mass is 9.47. The molecule has 0 saturated heterocycles. The molecule has 3 fully saturated rings. The molecular weight excluding hydrogens is 296 g/mol. The Bertz CT molecular complexity index is 550. The first-order chi connectivity index (χ1) is 11.4. The number of fused-ring (bicyclic) bond motifs is 5. The predicted molar refractivity (Wildman–Crippen MR) is 96.7 cm³/mol. The van der Waals surface area contributed by atoms with Crippen LogP contribution in [0, 0.1) is 34.5 Å². The van der Waals surface area contributed by atoms with Gasteiger partial charge in [-0.2, -0.15) is 0 Å². The normalized spacial score (nSPS) is 47.3. The first-order valence-corrected chi connectivity index (χ1v) is 10.4. The summed E-state index contributed by atoms with van der Waals surface area (Å²) in [6.07, 6.45) is 16.0. The Morgan fingerprint density at radius 3 is 2.79 bits per heavy atom. The molecule has 0 aromatic heterocycles. The summed E-state index contributed by atoms with van der Waals surface area (Å²) in [5, 5.41) is 9.10. The zero-order chi connectivity index (χ0) is 16.9. The monoisotopic (exact) mass is 330 g/mol. The van der Waals surface area contributed by atoms with E-state index in [1.54, 1.807) is 5.57 Å². The average molecular weight is 331 g/mol. The Balaban J connectivity index is 1.56. The van der Waals surface area contributed by atoms with Crippen molar-refractivity contribution in [2.75, 3.05) is 0 Å². The largest absolute Gasteiger partial charge is 0.481 e. The molecule has 0 aliphatic heterocycles. The molecule has 2 heteroatoms. The van der Waals surface area contributed by atoms with E-state index in [0.29, 0.717) is 23.2 Å². The maximum absolute atomic E-state index is 11.0. The molecule has 0 aromatic rings. The molecular formula is C22H34O2. The zero-order valence-corrected chi connectivity index (χ0v) is 15.5. The molecule has 1 N–H and O–H groups in total. The van der Waals surface area contributed by atoms with E-state index in [4.69, 9.17) is 5.11 Å². The smallest absolute Gasteiger partial charge is 0.303 e. The van der Waals surface area contributed by atoms with Crippen LogP contribution in [0.3, 0.4) is 0 Å². The average Bonchev–Trinajstić information content (AvgIpc) is 2.89. The molecule has 0 heterocycles. The van der Waals surface area contributed by atoms with Gasteiger partial charge in [0.25, 0.3) is 0 Å². The van der Waals surface area contributed by atoms with Gasteiger partial charge in [0, 0.05) is 6.42 Å². The van der Waals surface area contributed by atoms with Crippen LogP contribution < -0.4 is 0 Å². The fraction of sp³-hybridized carbons (Fsp3) is 0.864. The third kappa shape index (κ3) is 2.39. The molecule has 0 bridgehead atoms. The van der Waals surface area contributed by atoms with Gasteiger partial charge in [0.05, 0.1) is 0 Å². The van der Waals surface area contributed by atoms with Gasteiger partial charge >= 0.3 is 5.97 Å². The van der Waals surface area contributed by atoms with Crippen LogP contribution in [-0.4, -0.2) is 11.1 Å². The number of hydrogen-bond acceptors (Lipinski definition) is 1. The quantitative estimate of drug-likeness (QED) is 0.662. The van der Waals surface area contributed by atoms with Gasteiger partial charge in [-0.3, -0.25) is 4.79 Å². The fourth-order valence-corrected chi connectivity index (χ4v) is 7.63. The van der Waals surface area contributed by atoms with Crippen molar-refractivity contribution in [3.8, 4) is 0 Å². The lowest BCUT2D eigenvalue weighted by molar-refractivity contribution is -0.137. The van der Waals surface area contributed by atoms with Gasteiger partial charge in [0.15, 0.2) is 0 Å². The fourth-order valence-electron chi connectivity index (χ4n) is 7.63. The van der Waals surface area contributed by atoms with E-state index >= 15 is 0 Å². The second-order valence-electron chi connectivity index (χ2n) is 9.71. The standard InChI is InChI=1S/C22H34O2/c1-21-13-4-3-5-15(21)6-9-17-18-10-7-16(8-11-20(23)24)22(18,2)14-12-19(17)21/h5,16-19H,3-4,6-14H2,1-2H3,(H,23,24)/t16-,17+,18+,19+,21+,22-/m1/s1. The molecule has 0 unspecified atom stereocenters. The lowest BCUT2D eigenvalue weighted by Gasteiger charge is -2.58. The highest BCUT2D eigenvalue weighted by Crippen LogP contribution is 2.67. The molecule has 0 aromatic carbocycles. The van der Waals surface area contributed by atoms with Crippen molar-refractivity contribution in [2.24, 2.45) is 34.5 Å². The van der Waals surface area contributed by atoms with Crippen molar-refractivity contribution in [3.05, 3.63) is 11.6 Å². The Morgan fingerprint density at radius 2 is 2.00 bits per heavy atom. The van der Waals surface area contributed by atoms with Crippen LogP contribution in [0.15, 0.2) is 11.6 Å². The zero-order valence-electron chi connectivity index (χ0n) is 15.5. The molecule has 6 atom stereocenters. The molecule has 4 aliphatic rings. The van der Waals surface area contributed by atoms with Crippen LogP contribution in [-0.2, 0) is 4.79 Å². The molecule has 24 heavy (non-hydrogen) atoms. The number of hydrogen-bond donors (Lipinski definition) is 1. The molecule has 134 valence electrons. The van der Waals surface area contributed by atoms with Gasteiger partial charge in [0.1, 0.15) is 0 Å². The van der Waals surface area contributed by atoms with Crippen LogP contribution in [0.2, 0.25) is 0 Å². The Morgan fingerprint density at radius 1 is 1.17 bits per heavy atom. The second-order valence-corrected chi connectivity index (χ2v) is 9.71. The minimum atomic E-state index is -0.613. The molecule has 4 aliphatic carbocycles. The van der Waals surface area contributed by atoms with Crippen LogP contribution in [0.1, 0.15) is 84.5 Å². The number of aliphatic carboxylic acids is 1. The summed E-state index contributed by atoms with van der Waals surface area (Å²) in [5.74, 6) is 2.69. The van der Waals surface area contributed by atoms with E-state index in [2.05, 4.69) is 19.9 Å². The molecule has 2 nitrogen and oxygen atoms in total. The van der Waals surface area contributed by atoms with E-state index in [0.717, 1.165) is 24.2 Å². The first-order valence-electron chi connectivity index (χ1n) is 10.4. The maximum atomic E-state index is 11.0. The van der Waals surface area contributed by atoms with Gasteiger partial charge in [-0.15, -0.1) is 0 Å². The number of rotatable bonds is 3. The Labute approximate surface area is 147 Å². The van der Waals surface area contributed by atoms with Crippen molar-refractivity contribution < 1.29 is 9.90 Å². The highest BCUT2D eigenvalue weighted by Gasteiger charge is 2.58. The third-order valence-electron chi connectivity index (χ3n) is 8.93. The van der Waals surface area contributed by atoms with Crippen molar-refractivity contribution in [3.63, 3.8) is 0 Å². The summed E-state index contributed by atoms with van der Waals surface area (Å²) in [6, 6.07) is 0. The number of carbonyl (C=O) groups is 1. The van der Waals surface area contributed by atoms with E-state index in [1.165, 1.54) is 57.8 Å². The number of carboxylic acids is 1. The summed E-state index contributed by atoms with van der Waals surface area (Å²) in [4.78, 5) is 11.0. The molecule has 3 saturated carbocycles. The molecule has 4 rings (SSSR count). The van der Waals surface area contributed by atoms with Gasteiger partial charge in [-0.25, -0.2) is 0 Å². The SMILES string of the molecule is C[C@]12CC[C@H]3[C@@H](CCC4=CCCC[C@@]43C)[C@@H]1CC[C@@H]2CCC(=O)O. The summed E-state index contributed by atoms with van der Waals surface area (Å²) in [7, 11) is 0. The lowest BCUT2D eigenvalue weighted by Crippen LogP contribution is -2.50. The maximum Gasteiger partial charge on any atom is 0.303 e. The summed E-state index contributed by atoms with van der Waals surface area (Å²) in [6.45, 7) is 5.09. The highest BCUT2D eigenvalue weighted by atomic mass is 16.4. The summed E-state index contributed by atoms with van der Waals surface area (Å²) < 4.78 is 0. The van der Waals surface area contributed by atoms with E-state index in [9.17, 15) is 4.79 Å². The first kappa shape index (κ1) is 16.7. The summed E-state index contributed by atoms with van der Waals surface area (Å²) in [5.41, 5.74) is 2.70. The predicted octanol–water partition coefficient (Wildman–Crippen LogP) is 5.82. The molecule has 0 radical (unpaired) electrons. The second kappa shape index (κ2) is 5.88. The van der Waals surface area contributed by atoms with Crippen molar-refractivity contribution >= 4 is 5.97 Å². The minimum Gasteiger partial charge on any atom is -0.481 e. The van der Waals surface area contributed by atoms with Crippen LogP contribution in [0.5, 0.6) is 0 Å². The number of carboxylic acid groups (broad SMARTS) is 1. The van der Waals surface area contributed by atoms with Crippen molar-refractivity contribution in [1.29, 1.82) is 0 Å². The van der Waals surface area contributed by atoms with E-state index in [-0.39, 0.29) is 0 Å². The van der Waals surface area contributed by atoms with Crippen molar-refractivity contribution in [2.45, 2.75) is 84.5 Å². The van der Waals surface area contributed by atoms with Gasteiger partial charge in [-0.1, -0.05) is 25.5 Å². The topological polar surface area (TPSA) is 37.3 Å². The van der Waals surface area contributed by atoms with E-state index < -0.39 is 5.97 Å². The third-order valence-corrected chi connectivity index (χ3v) is 8.93. The van der Waals surface area contributed by atoms with Gasteiger partial charge in [-0.05, 0) is 98.7 Å². The Hall–Kier alpha value is -0.790. The van der Waals surface area contributed by atoms with Crippen LogP contribution >= 0.6 is 0 Å². The summed E-state index contributed by atoms with van der Waals surface area (Å²) >= 11 is 0. The molecule has 0 amide bonds. The molecule has 0 spiro atoms.